The third kappa shape index (κ3) is 3.92. The first-order chi connectivity index (χ1) is 8.08. The van der Waals surface area contributed by atoms with Gasteiger partial charge in [0.2, 0.25) is 0 Å². The summed E-state index contributed by atoms with van der Waals surface area (Å²) in [5.41, 5.74) is 0.732. The predicted octanol–water partition coefficient (Wildman–Crippen LogP) is 3.96. The molecule has 1 aliphatic carbocycles. The molecule has 0 bridgehead atoms. The van der Waals surface area contributed by atoms with Crippen LogP contribution in [0.4, 0.5) is 0 Å². The van der Waals surface area contributed by atoms with Crippen LogP contribution in [-0.2, 0) is 0 Å². The summed E-state index contributed by atoms with van der Waals surface area (Å²) in [6, 6.07) is 5.74. The van der Waals surface area contributed by atoms with Gasteiger partial charge in [-0.15, -0.1) is 0 Å². The average molecular weight is 473 g/mol. The maximum atomic E-state index is 12.0. The summed E-state index contributed by atoms with van der Waals surface area (Å²) in [6.45, 7) is 0.700. The molecular weight excluding hydrogens is 461 g/mol. The molecule has 0 spiro atoms. The van der Waals surface area contributed by atoms with E-state index >= 15 is 0 Å². The minimum Gasteiger partial charge on any atom is -0.351 e. The van der Waals surface area contributed by atoms with E-state index in [4.69, 9.17) is 0 Å². The molecule has 0 aliphatic heterocycles. The Hall–Kier alpha value is 0.380. The van der Waals surface area contributed by atoms with Crippen molar-refractivity contribution >= 4 is 60.4 Å². The average Bonchev–Trinajstić information content (AvgIpc) is 3.12. The monoisotopic (exact) mass is 471 g/mol. The quantitative estimate of drug-likeness (QED) is 0.521. The molecule has 1 N–H and O–H groups in total. The molecule has 1 amide bonds. The fraction of sp³-hybridized carbons (Fsp3) is 0.417. The van der Waals surface area contributed by atoms with E-state index in [0.717, 1.165) is 19.5 Å². The molecule has 0 heterocycles. The molecule has 1 fully saturated rings. The third-order valence-corrected chi connectivity index (χ3v) is 5.27. The number of benzene rings is 1. The smallest absolute Gasteiger partial charge is 0.252 e. The molecule has 2 nitrogen and oxygen atoms in total. The number of alkyl halides is 1. The normalized spacial score (nSPS) is 16.6. The summed E-state index contributed by atoms with van der Waals surface area (Å²) >= 11 is 9.18. The number of hydrogen-bond donors (Lipinski definition) is 1. The van der Waals surface area contributed by atoms with E-state index in [2.05, 4.69) is 59.8 Å². The van der Waals surface area contributed by atoms with Gasteiger partial charge in [0.25, 0.3) is 5.91 Å². The number of hydrogen-bond acceptors (Lipinski definition) is 1. The van der Waals surface area contributed by atoms with Gasteiger partial charge in [-0.3, -0.25) is 4.79 Å². The van der Waals surface area contributed by atoms with E-state index in [1.54, 1.807) is 0 Å². The van der Waals surface area contributed by atoms with Crippen LogP contribution in [0.25, 0.3) is 0 Å². The van der Waals surface area contributed by atoms with Crippen molar-refractivity contribution in [2.24, 2.45) is 5.92 Å². The second-order valence-electron chi connectivity index (χ2n) is 4.19. The predicted molar refractivity (Wildman–Crippen MR) is 84.6 cm³/mol. The lowest BCUT2D eigenvalue weighted by atomic mass is 10.2. The number of amides is 1. The molecule has 1 aromatic carbocycles. The molecule has 1 aliphatic rings. The first kappa shape index (κ1) is 13.8. The van der Waals surface area contributed by atoms with Gasteiger partial charge in [-0.2, -0.15) is 0 Å². The lowest BCUT2D eigenvalue weighted by Crippen LogP contribution is -2.30. The molecule has 1 aromatic rings. The third-order valence-electron chi connectivity index (χ3n) is 2.76. The highest BCUT2D eigenvalue weighted by Crippen LogP contribution is 2.36. The van der Waals surface area contributed by atoms with Crippen molar-refractivity contribution in [3.8, 4) is 0 Å². The van der Waals surface area contributed by atoms with Crippen molar-refractivity contribution in [2.45, 2.75) is 17.7 Å². The molecular formula is C12H12Br2INO. The summed E-state index contributed by atoms with van der Waals surface area (Å²) in [5.74, 6) is 0.748. The zero-order chi connectivity index (χ0) is 12.4. The molecule has 17 heavy (non-hydrogen) atoms. The topological polar surface area (TPSA) is 29.1 Å². The SMILES string of the molecule is O=C(NCC(Br)C1CC1)c1cc(Br)ccc1I. The Kier molecular flexibility index (Phi) is 4.88. The van der Waals surface area contributed by atoms with Crippen LogP contribution in [0.15, 0.2) is 22.7 Å². The minimum atomic E-state index is 0.000741. The zero-order valence-electron chi connectivity index (χ0n) is 9.05. The fourth-order valence-corrected chi connectivity index (χ4v) is 3.21. The van der Waals surface area contributed by atoms with E-state index in [1.807, 2.05) is 18.2 Å². The van der Waals surface area contributed by atoms with Gasteiger partial charge in [0.1, 0.15) is 0 Å². The molecule has 92 valence electrons. The van der Waals surface area contributed by atoms with Crippen molar-refractivity contribution < 1.29 is 4.79 Å². The summed E-state index contributed by atoms with van der Waals surface area (Å²) in [7, 11) is 0. The van der Waals surface area contributed by atoms with Gasteiger partial charge in [0, 0.05) is 19.4 Å². The van der Waals surface area contributed by atoms with Crippen LogP contribution in [0.2, 0.25) is 0 Å². The number of nitrogens with one attached hydrogen (secondary N) is 1. The lowest BCUT2D eigenvalue weighted by Gasteiger charge is -2.11. The van der Waals surface area contributed by atoms with Gasteiger partial charge in [-0.25, -0.2) is 0 Å². The molecule has 0 aromatic heterocycles. The van der Waals surface area contributed by atoms with E-state index in [-0.39, 0.29) is 5.91 Å². The number of carbonyl (C=O) groups is 1. The van der Waals surface area contributed by atoms with Gasteiger partial charge in [0.05, 0.1) is 5.56 Å². The van der Waals surface area contributed by atoms with Crippen LogP contribution in [0.1, 0.15) is 23.2 Å². The van der Waals surface area contributed by atoms with Crippen molar-refractivity contribution in [1.82, 2.24) is 5.32 Å². The van der Waals surface area contributed by atoms with Gasteiger partial charge >= 0.3 is 0 Å². The second-order valence-corrected chi connectivity index (χ2v) is 7.44. The fourth-order valence-electron chi connectivity index (χ4n) is 1.58. The molecule has 1 atom stereocenters. The van der Waals surface area contributed by atoms with Crippen molar-refractivity contribution in [3.05, 3.63) is 31.8 Å². The Morgan fingerprint density at radius 1 is 1.53 bits per heavy atom. The van der Waals surface area contributed by atoms with Crippen LogP contribution in [0.3, 0.4) is 0 Å². The van der Waals surface area contributed by atoms with E-state index < -0.39 is 0 Å². The van der Waals surface area contributed by atoms with Crippen LogP contribution < -0.4 is 5.32 Å². The zero-order valence-corrected chi connectivity index (χ0v) is 14.4. The summed E-state index contributed by atoms with van der Waals surface area (Å²) < 4.78 is 1.90. The maximum Gasteiger partial charge on any atom is 0.252 e. The summed E-state index contributed by atoms with van der Waals surface area (Å²) in [6.07, 6.45) is 2.56. The van der Waals surface area contributed by atoms with Gasteiger partial charge in [-0.1, -0.05) is 31.9 Å². The van der Waals surface area contributed by atoms with Gasteiger partial charge in [0.15, 0.2) is 0 Å². The van der Waals surface area contributed by atoms with Crippen LogP contribution in [-0.4, -0.2) is 17.3 Å². The Balaban J connectivity index is 1.96. The molecule has 1 saturated carbocycles. The Labute approximate surface area is 131 Å². The van der Waals surface area contributed by atoms with Crippen LogP contribution in [0, 0.1) is 9.49 Å². The first-order valence-electron chi connectivity index (χ1n) is 5.45. The molecule has 2 rings (SSSR count). The van der Waals surface area contributed by atoms with E-state index in [0.29, 0.717) is 11.4 Å². The highest BCUT2D eigenvalue weighted by Gasteiger charge is 2.29. The number of rotatable bonds is 4. The van der Waals surface area contributed by atoms with Crippen molar-refractivity contribution in [2.75, 3.05) is 6.54 Å². The minimum absolute atomic E-state index is 0.000741. The lowest BCUT2D eigenvalue weighted by molar-refractivity contribution is 0.0952. The van der Waals surface area contributed by atoms with Gasteiger partial charge in [-0.05, 0) is 59.5 Å². The Morgan fingerprint density at radius 3 is 2.88 bits per heavy atom. The summed E-state index contributed by atoms with van der Waals surface area (Å²) in [5, 5.41) is 2.98. The Morgan fingerprint density at radius 2 is 2.24 bits per heavy atom. The number of halogens is 3. The van der Waals surface area contributed by atoms with E-state index in [9.17, 15) is 4.79 Å². The molecule has 0 radical (unpaired) electrons. The highest BCUT2D eigenvalue weighted by molar-refractivity contribution is 14.1. The standard InChI is InChI=1S/C12H12Br2INO/c13-8-3-4-11(15)9(5-8)12(17)16-6-10(14)7-1-2-7/h3-5,7,10H,1-2,6H2,(H,16,17). The van der Waals surface area contributed by atoms with Crippen molar-refractivity contribution in [3.63, 3.8) is 0 Å². The second kappa shape index (κ2) is 6.02. The largest absolute Gasteiger partial charge is 0.351 e. The van der Waals surface area contributed by atoms with Crippen molar-refractivity contribution in [1.29, 1.82) is 0 Å². The van der Waals surface area contributed by atoms with Gasteiger partial charge < -0.3 is 5.32 Å². The maximum absolute atomic E-state index is 12.0. The van der Waals surface area contributed by atoms with Crippen LogP contribution in [0.5, 0.6) is 0 Å². The molecule has 0 saturated heterocycles. The van der Waals surface area contributed by atoms with E-state index in [1.165, 1.54) is 12.8 Å². The highest BCUT2D eigenvalue weighted by atomic mass is 127. The Bertz CT molecular complexity index is 435. The van der Waals surface area contributed by atoms with Crippen LogP contribution >= 0.6 is 54.5 Å². The first-order valence-corrected chi connectivity index (χ1v) is 8.24. The number of carbonyl (C=O) groups excluding carboxylic acids is 1. The summed E-state index contributed by atoms with van der Waals surface area (Å²) in [4.78, 5) is 12.4. The molecule has 1 unspecified atom stereocenters. The molecule has 5 heteroatoms.